The summed E-state index contributed by atoms with van der Waals surface area (Å²) in [4.78, 5) is 11.2. The molecule has 4 N–H and O–H groups in total. The number of amides is 1. The van der Waals surface area contributed by atoms with E-state index in [0.717, 1.165) is 30.8 Å². The molecule has 1 amide bonds. The molecule has 4 nitrogen and oxygen atoms in total. The SMILES string of the molecule is CC(C)(N)CCNCc1ccc2c(c1)CC(=O)N2. The van der Waals surface area contributed by atoms with Crippen LogP contribution in [0.15, 0.2) is 18.2 Å². The van der Waals surface area contributed by atoms with E-state index in [2.05, 4.69) is 16.7 Å². The van der Waals surface area contributed by atoms with Crippen molar-refractivity contribution in [2.75, 3.05) is 11.9 Å². The Morgan fingerprint density at radius 2 is 2.22 bits per heavy atom. The second kappa shape index (κ2) is 5.08. The van der Waals surface area contributed by atoms with Crippen LogP contribution in [0.4, 0.5) is 5.69 Å². The van der Waals surface area contributed by atoms with Crippen molar-refractivity contribution in [1.29, 1.82) is 0 Å². The molecule has 0 atom stereocenters. The zero-order chi connectivity index (χ0) is 13.2. The highest BCUT2D eigenvalue weighted by molar-refractivity contribution is 5.99. The fraction of sp³-hybridized carbons (Fsp3) is 0.500. The van der Waals surface area contributed by atoms with Crippen LogP contribution < -0.4 is 16.4 Å². The first-order valence-corrected chi connectivity index (χ1v) is 6.35. The van der Waals surface area contributed by atoms with Crippen LogP contribution >= 0.6 is 0 Å². The van der Waals surface area contributed by atoms with Crippen LogP contribution in [0.1, 0.15) is 31.4 Å². The van der Waals surface area contributed by atoms with Gasteiger partial charge in [0, 0.05) is 17.8 Å². The minimum Gasteiger partial charge on any atom is -0.326 e. The molecule has 0 saturated carbocycles. The number of carbonyl (C=O) groups is 1. The average molecular weight is 247 g/mol. The molecule has 98 valence electrons. The third-order valence-electron chi connectivity index (χ3n) is 3.07. The summed E-state index contributed by atoms with van der Waals surface area (Å²) in [5.41, 5.74) is 9.05. The summed E-state index contributed by atoms with van der Waals surface area (Å²) in [5.74, 6) is 0.0833. The summed E-state index contributed by atoms with van der Waals surface area (Å²) in [6.07, 6.45) is 1.44. The van der Waals surface area contributed by atoms with Crippen molar-refractivity contribution in [3.8, 4) is 0 Å². The lowest BCUT2D eigenvalue weighted by Gasteiger charge is -2.18. The highest BCUT2D eigenvalue weighted by Crippen LogP contribution is 2.23. The summed E-state index contributed by atoms with van der Waals surface area (Å²) in [5, 5.41) is 6.21. The van der Waals surface area contributed by atoms with Crippen LogP contribution in [-0.2, 0) is 17.8 Å². The Hall–Kier alpha value is -1.39. The van der Waals surface area contributed by atoms with Crippen LogP contribution in [0, 0.1) is 0 Å². The van der Waals surface area contributed by atoms with Crippen molar-refractivity contribution in [1.82, 2.24) is 5.32 Å². The molecular weight excluding hydrogens is 226 g/mol. The normalized spacial score (nSPS) is 14.5. The molecule has 0 aromatic heterocycles. The molecule has 4 heteroatoms. The molecule has 1 aliphatic heterocycles. The Balaban J connectivity index is 1.84. The van der Waals surface area contributed by atoms with E-state index in [1.54, 1.807) is 0 Å². The predicted octanol–water partition coefficient (Wildman–Crippen LogP) is 1.40. The zero-order valence-corrected chi connectivity index (χ0v) is 11.0. The average Bonchev–Trinajstić information content (AvgIpc) is 2.62. The summed E-state index contributed by atoms with van der Waals surface area (Å²) in [6.45, 7) is 5.78. The van der Waals surface area contributed by atoms with E-state index in [-0.39, 0.29) is 11.4 Å². The lowest BCUT2D eigenvalue weighted by atomic mass is 10.0. The number of nitrogens with two attached hydrogens (primary N) is 1. The fourth-order valence-electron chi connectivity index (χ4n) is 2.04. The number of nitrogens with one attached hydrogen (secondary N) is 2. The molecule has 0 spiro atoms. The Morgan fingerprint density at radius 1 is 1.44 bits per heavy atom. The third kappa shape index (κ3) is 3.55. The van der Waals surface area contributed by atoms with E-state index in [4.69, 9.17) is 5.73 Å². The topological polar surface area (TPSA) is 67.1 Å². The van der Waals surface area contributed by atoms with Crippen molar-refractivity contribution >= 4 is 11.6 Å². The summed E-state index contributed by atoms with van der Waals surface area (Å²) in [7, 11) is 0. The second-order valence-electron chi connectivity index (χ2n) is 5.63. The van der Waals surface area contributed by atoms with Crippen LogP contribution in [-0.4, -0.2) is 18.0 Å². The molecule has 0 radical (unpaired) electrons. The van der Waals surface area contributed by atoms with Crippen molar-refractivity contribution < 1.29 is 4.79 Å². The molecule has 0 fully saturated rings. The molecular formula is C14H21N3O. The van der Waals surface area contributed by atoms with Gasteiger partial charge >= 0.3 is 0 Å². The lowest BCUT2D eigenvalue weighted by molar-refractivity contribution is -0.115. The van der Waals surface area contributed by atoms with Crippen molar-refractivity contribution in [2.24, 2.45) is 5.73 Å². The van der Waals surface area contributed by atoms with Gasteiger partial charge in [-0.15, -0.1) is 0 Å². The first-order valence-electron chi connectivity index (χ1n) is 6.35. The largest absolute Gasteiger partial charge is 0.326 e. The van der Waals surface area contributed by atoms with E-state index in [1.165, 1.54) is 5.56 Å². The standard InChI is InChI=1S/C14H21N3O/c1-14(2,15)5-6-16-9-10-3-4-12-11(7-10)8-13(18)17-12/h3-4,7,16H,5-6,8-9,15H2,1-2H3,(H,17,18). The maximum atomic E-state index is 11.2. The van der Waals surface area contributed by atoms with Gasteiger partial charge in [0.2, 0.25) is 5.91 Å². The van der Waals surface area contributed by atoms with Crippen LogP contribution in [0.2, 0.25) is 0 Å². The van der Waals surface area contributed by atoms with Gasteiger partial charge in [-0.2, -0.15) is 0 Å². The first kappa shape index (κ1) is 13.1. The molecule has 1 aromatic carbocycles. The zero-order valence-electron chi connectivity index (χ0n) is 11.0. The number of hydrogen-bond donors (Lipinski definition) is 3. The van der Waals surface area contributed by atoms with Crippen LogP contribution in [0.25, 0.3) is 0 Å². The van der Waals surface area contributed by atoms with Crippen LogP contribution in [0.3, 0.4) is 0 Å². The van der Waals surface area contributed by atoms with Crippen molar-refractivity contribution in [2.45, 2.75) is 38.8 Å². The Kier molecular flexibility index (Phi) is 3.68. The monoisotopic (exact) mass is 247 g/mol. The highest BCUT2D eigenvalue weighted by Gasteiger charge is 2.17. The van der Waals surface area contributed by atoms with Gasteiger partial charge in [-0.25, -0.2) is 0 Å². The number of benzene rings is 1. The van der Waals surface area contributed by atoms with Gasteiger partial charge in [0.1, 0.15) is 0 Å². The molecule has 2 rings (SSSR count). The molecule has 1 heterocycles. The van der Waals surface area contributed by atoms with Crippen molar-refractivity contribution in [3.05, 3.63) is 29.3 Å². The quantitative estimate of drug-likeness (QED) is 0.689. The van der Waals surface area contributed by atoms with E-state index in [0.29, 0.717) is 6.42 Å². The first-order chi connectivity index (χ1) is 8.44. The van der Waals surface area contributed by atoms with Gasteiger partial charge in [0.15, 0.2) is 0 Å². The number of fused-ring (bicyclic) bond motifs is 1. The molecule has 0 saturated heterocycles. The fourth-order valence-corrected chi connectivity index (χ4v) is 2.04. The Labute approximate surface area is 108 Å². The molecule has 18 heavy (non-hydrogen) atoms. The lowest BCUT2D eigenvalue weighted by Crippen LogP contribution is -2.35. The molecule has 0 unspecified atom stereocenters. The van der Waals surface area contributed by atoms with E-state index < -0.39 is 0 Å². The van der Waals surface area contributed by atoms with E-state index >= 15 is 0 Å². The van der Waals surface area contributed by atoms with Gasteiger partial charge in [-0.3, -0.25) is 4.79 Å². The minimum absolute atomic E-state index is 0.0833. The molecule has 0 bridgehead atoms. The van der Waals surface area contributed by atoms with E-state index in [1.807, 2.05) is 26.0 Å². The smallest absolute Gasteiger partial charge is 0.228 e. The van der Waals surface area contributed by atoms with Crippen LogP contribution in [0.5, 0.6) is 0 Å². The third-order valence-corrected chi connectivity index (χ3v) is 3.07. The number of rotatable bonds is 5. The summed E-state index contributed by atoms with van der Waals surface area (Å²) < 4.78 is 0. The van der Waals surface area contributed by atoms with Gasteiger partial charge < -0.3 is 16.4 Å². The minimum atomic E-state index is -0.124. The Morgan fingerprint density at radius 3 is 2.94 bits per heavy atom. The highest BCUT2D eigenvalue weighted by atomic mass is 16.1. The van der Waals surface area contributed by atoms with Gasteiger partial charge in [0.05, 0.1) is 6.42 Å². The van der Waals surface area contributed by atoms with Gasteiger partial charge in [-0.1, -0.05) is 12.1 Å². The molecule has 1 aliphatic rings. The van der Waals surface area contributed by atoms with Crippen molar-refractivity contribution in [3.63, 3.8) is 0 Å². The molecule has 0 aliphatic carbocycles. The van der Waals surface area contributed by atoms with Gasteiger partial charge in [0.25, 0.3) is 0 Å². The number of carbonyl (C=O) groups excluding carboxylic acids is 1. The second-order valence-corrected chi connectivity index (χ2v) is 5.63. The number of anilines is 1. The predicted molar refractivity (Wildman–Crippen MR) is 73.4 cm³/mol. The maximum Gasteiger partial charge on any atom is 0.228 e. The van der Waals surface area contributed by atoms with Gasteiger partial charge in [-0.05, 0) is 44.0 Å². The maximum absolute atomic E-state index is 11.2. The number of hydrogen-bond acceptors (Lipinski definition) is 3. The van der Waals surface area contributed by atoms with E-state index in [9.17, 15) is 4.79 Å². The summed E-state index contributed by atoms with van der Waals surface area (Å²) >= 11 is 0. The summed E-state index contributed by atoms with van der Waals surface area (Å²) in [6, 6.07) is 6.11. The molecule has 1 aromatic rings. The Bertz CT molecular complexity index is 449.